The first kappa shape index (κ1) is 12.1. The second-order valence-electron chi connectivity index (χ2n) is 3.65. The maximum absolute atomic E-state index is 10.5. The molecule has 0 saturated carbocycles. The first-order valence-electron chi connectivity index (χ1n) is 4.91. The summed E-state index contributed by atoms with van der Waals surface area (Å²) in [6.45, 7) is 3.83. The number of aryl methyl sites for hydroxylation is 1. The van der Waals surface area contributed by atoms with Crippen molar-refractivity contribution in [2.75, 3.05) is 6.26 Å². The molecule has 0 heterocycles. The first-order valence-corrected chi connectivity index (χ1v) is 6.14. The number of carbonyl (C=O) groups excluding carboxylic acids is 1. The van der Waals surface area contributed by atoms with Gasteiger partial charge in [0.15, 0.2) is 0 Å². The van der Waals surface area contributed by atoms with Crippen molar-refractivity contribution >= 4 is 18.0 Å². The van der Waals surface area contributed by atoms with Crippen LogP contribution in [-0.2, 0) is 4.79 Å². The highest BCUT2D eigenvalue weighted by Crippen LogP contribution is 2.37. The molecule has 0 amide bonds. The lowest BCUT2D eigenvalue weighted by atomic mass is 9.95. The molecule has 0 aromatic heterocycles. The Morgan fingerprint density at radius 1 is 1.53 bits per heavy atom. The van der Waals surface area contributed by atoms with E-state index in [9.17, 15) is 9.90 Å². The molecule has 0 aliphatic heterocycles. The monoisotopic (exact) mass is 224 g/mol. The topological polar surface area (TPSA) is 37.3 Å². The fourth-order valence-corrected chi connectivity index (χ4v) is 2.34. The molecule has 1 aromatic rings. The molecule has 0 aliphatic rings. The normalized spacial score (nSPS) is 12.5. The van der Waals surface area contributed by atoms with E-state index in [4.69, 9.17) is 0 Å². The van der Waals surface area contributed by atoms with Crippen LogP contribution >= 0.6 is 11.8 Å². The lowest BCUT2D eigenvalue weighted by molar-refractivity contribution is -0.108. The van der Waals surface area contributed by atoms with E-state index in [1.54, 1.807) is 11.8 Å². The molecule has 1 unspecified atom stereocenters. The number of hydrogen-bond donors (Lipinski definition) is 1. The summed E-state index contributed by atoms with van der Waals surface area (Å²) in [5, 5.41) is 9.98. The van der Waals surface area contributed by atoms with Crippen molar-refractivity contribution < 1.29 is 9.90 Å². The molecular weight excluding hydrogens is 208 g/mol. The van der Waals surface area contributed by atoms with Gasteiger partial charge in [-0.15, -0.1) is 11.8 Å². The zero-order valence-electron chi connectivity index (χ0n) is 9.28. The second-order valence-corrected chi connectivity index (χ2v) is 4.50. The minimum Gasteiger partial charge on any atom is -0.507 e. The highest BCUT2D eigenvalue weighted by molar-refractivity contribution is 7.98. The fourth-order valence-electron chi connectivity index (χ4n) is 1.61. The fraction of sp³-hybridized carbons (Fsp3) is 0.417. The van der Waals surface area contributed by atoms with Crippen molar-refractivity contribution in [1.29, 1.82) is 0 Å². The number of phenolic OH excluding ortho intramolecular Hbond substituents is 1. The molecule has 0 bridgehead atoms. The van der Waals surface area contributed by atoms with Crippen LogP contribution < -0.4 is 0 Å². The van der Waals surface area contributed by atoms with Crippen molar-refractivity contribution in [2.24, 2.45) is 0 Å². The van der Waals surface area contributed by atoms with E-state index < -0.39 is 0 Å². The second kappa shape index (κ2) is 5.21. The van der Waals surface area contributed by atoms with Crippen LogP contribution in [0.1, 0.15) is 30.4 Å². The summed E-state index contributed by atoms with van der Waals surface area (Å²) in [4.78, 5) is 11.5. The van der Waals surface area contributed by atoms with Crippen LogP contribution in [0.4, 0.5) is 0 Å². The van der Waals surface area contributed by atoms with E-state index in [1.165, 1.54) is 0 Å². The number of aromatic hydroxyl groups is 1. The molecule has 1 rings (SSSR count). The lowest BCUT2D eigenvalue weighted by Gasteiger charge is -2.16. The highest BCUT2D eigenvalue weighted by atomic mass is 32.2. The third kappa shape index (κ3) is 2.53. The Kier molecular flexibility index (Phi) is 4.21. The third-order valence-electron chi connectivity index (χ3n) is 2.54. The van der Waals surface area contributed by atoms with Crippen molar-refractivity contribution in [1.82, 2.24) is 0 Å². The van der Waals surface area contributed by atoms with Gasteiger partial charge >= 0.3 is 0 Å². The first-order chi connectivity index (χ1) is 7.11. The van der Waals surface area contributed by atoms with Crippen LogP contribution in [0, 0.1) is 6.92 Å². The predicted octanol–water partition coefficient (Wildman–Crippen LogP) is 3.12. The van der Waals surface area contributed by atoms with Gasteiger partial charge in [0, 0.05) is 16.9 Å². The van der Waals surface area contributed by atoms with E-state index in [1.807, 2.05) is 32.2 Å². The van der Waals surface area contributed by atoms with E-state index in [0.717, 1.165) is 22.3 Å². The number of benzene rings is 1. The van der Waals surface area contributed by atoms with Crippen molar-refractivity contribution in [3.05, 3.63) is 23.3 Å². The Bertz CT molecular complexity index is 361. The maximum Gasteiger partial charge on any atom is 0.123 e. The molecule has 0 saturated heterocycles. The molecule has 0 aliphatic carbocycles. The number of carbonyl (C=O) groups is 1. The number of phenols is 1. The summed E-state index contributed by atoms with van der Waals surface area (Å²) in [6, 6.07) is 3.90. The molecule has 1 aromatic carbocycles. The Morgan fingerprint density at radius 3 is 2.73 bits per heavy atom. The lowest BCUT2D eigenvalue weighted by Crippen LogP contribution is -1.98. The van der Waals surface area contributed by atoms with Crippen LogP contribution in [0.2, 0.25) is 0 Å². The van der Waals surface area contributed by atoms with E-state index in [-0.39, 0.29) is 5.92 Å². The molecule has 0 spiro atoms. The minimum absolute atomic E-state index is 0.0739. The Morgan fingerprint density at radius 2 is 2.20 bits per heavy atom. The Hall–Kier alpha value is -0.960. The van der Waals surface area contributed by atoms with Crippen LogP contribution in [0.15, 0.2) is 17.0 Å². The van der Waals surface area contributed by atoms with Gasteiger partial charge in [-0.05, 0) is 30.7 Å². The van der Waals surface area contributed by atoms with Gasteiger partial charge in [-0.1, -0.05) is 13.0 Å². The van der Waals surface area contributed by atoms with Gasteiger partial charge in [0.05, 0.1) is 0 Å². The van der Waals surface area contributed by atoms with Gasteiger partial charge in [0.25, 0.3) is 0 Å². The zero-order valence-corrected chi connectivity index (χ0v) is 10.1. The average molecular weight is 224 g/mol. The summed E-state index contributed by atoms with van der Waals surface area (Å²) < 4.78 is 0. The quantitative estimate of drug-likeness (QED) is 0.630. The van der Waals surface area contributed by atoms with Gasteiger partial charge in [-0.3, -0.25) is 0 Å². The Labute approximate surface area is 94.7 Å². The van der Waals surface area contributed by atoms with E-state index in [2.05, 4.69) is 0 Å². The minimum atomic E-state index is 0.0739. The molecule has 0 radical (unpaired) electrons. The summed E-state index contributed by atoms with van der Waals surface area (Å²) >= 11 is 1.60. The number of hydrogen-bond acceptors (Lipinski definition) is 3. The van der Waals surface area contributed by atoms with Crippen LogP contribution in [0.3, 0.4) is 0 Å². The number of aldehydes is 1. The molecule has 2 nitrogen and oxygen atoms in total. The van der Waals surface area contributed by atoms with Crippen LogP contribution in [0.5, 0.6) is 5.75 Å². The summed E-state index contributed by atoms with van der Waals surface area (Å²) in [6.07, 6.45) is 3.32. The van der Waals surface area contributed by atoms with Crippen LogP contribution in [0.25, 0.3) is 0 Å². The third-order valence-corrected chi connectivity index (χ3v) is 3.34. The Balaban J connectivity index is 3.22. The molecule has 0 fully saturated rings. The largest absolute Gasteiger partial charge is 0.507 e. The predicted molar refractivity (Wildman–Crippen MR) is 63.7 cm³/mol. The molecule has 82 valence electrons. The van der Waals surface area contributed by atoms with Gasteiger partial charge < -0.3 is 9.90 Å². The van der Waals surface area contributed by atoms with E-state index >= 15 is 0 Å². The van der Waals surface area contributed by atoms with Crippen molar-refractivity contribution in [3.8, 4) is 5.75 Å². The SMILES string of the molecule is CSc1ccc(C)c(O)c1C(C)CC=O. The maximum atomic E-state index is 10.5. The van der Waals surface area contributed by atoms with Crippen molar-refractivity contribution in [3.63, 3.8) is 0 Å². The van der Waals surface area contributed by atoms with Gasteiger partial charge in [-0.25, -0.2) is 0 Å². The number of thioether (sulfide) groups is 1. The summed E-state index contributed by atoms with van der Waals surface area (Å²) in [5.74, 6) is 0.404. The smallest absolute Gasteiger partial charge is 0.123 e. The molecule has 1 atom stereocenters. The highest BCUT2D eigenvalue weighted by Gasteiger charge is 2.16. The standard InChI is InChI=1S/C12H16O2S/c1-8(6-7-13)11-10(15-3)5-4-9(2)12(11)14/h4-5,7-8,14H,6H2,1-3H3. The molecule has 15 heavy (non-hydrogen) atoms. The van der Waals surface area contributed by atoms with Gasteiger partial charge in [0.1, 0.15) is 12.0 Å². The number of rotatable bonds is 4. The molecule has 3 heteroatoms. The van der Waals surface area contributed by atoms with Gasteiger partial charge in [0.2, 0.25) is 0 Å². The average Bonchev–Trinajstić information content (AvgIpc) is 2.22. The molecule has 1 N–H and O–H groups in total. The zero-order chi connectivity index (χ0) is 11.4. The van der Waals surface area contributed by atoms with Gasteiger partial charge in [-0.2, -0.15) is 0 Å². The van der Waals surface area contributed by atoms with E-state index in [0.29, 0.717) is 12.2 Å². The summed E-state index contributed by atoms with van der Waals surface area (Å²) in [7, 11) is 0. The summed E-state index contributed by atoms with van der Waals surface area (Å²) in [5.41, 5.74) is 1.76. The van der Waals surface area contributed by atoms with Crippen LogP contribution in [-0.4, -0.2) is 17.6 Å². The van der Waals surface area contributed by atoms with Crippen molar-refractivity contribution in [2.45, 2.75) is 31.1 Å². The molecular formula is C12H16O2S.